The molecule has 4 nitrogen and oxygen atoms in total. The third-order valence-corrected chi connectivity index (χ3v) is 4.40. The molecule has 1 saturated heterocycles. The van der Waals surface area contributed by atoms with Crippen LogP contribution in [-0.2, 0) is 6.54 Å². The first kappa shape index (κ1) is 14.3. The maximum absolute atomic E-state index is 13.6. The van der Waals surface area contributed by atoms with Gasteiger partial charge >= 0.3 is 0 Å². The predicted molar refractivity (Wildman–Crippen MR) is 88.6 cm³/mol. The van der Waals surface area contributed by atoms with E-state index in [1.54, 1.807) is 12.3 Å². The van der Waals surface area contributed by atoms with Crippen molar-refractivity contribution >= 4 is 11.2 Å². The molecule has 5 heteroatoms. The summed E-state index contributed by atoms with van der Waals surface area (Å²) in [6, 6.07) is 10.9. The second-order valence-corrected chi connectivity index (χ2v) is 6.05. The Bertz CT molecular complexity index is 821. The van der Waals surface area contributed by atoms with Crippen LogP contribution in [0.25, 0.3) is 22.6 Å². The smallest absolute Gasteiger partial charge is 0.160 e. The van der Waals surface area contributed by atoms with E-state index in [9.17, 15) is 4.39 Å². The summed E-state index contributed by atoms with van der Waals surface area (Å²) in [7, 11) is 0. The second-order valence-electron chi connectivity index (χ2n) is 6.05. The van der Waals surface area contributed by atoms with E-state index in [2.05, 4.69) is 14.9 Å². The standard InChI is InChI=1S/C18H19FN4/c19-14-6-3-5-13(11-14)17-22-16-8-4-10-21-18(16)23(17)12-15-7-1-2-9-20-15/h3-6,8,10-11,15,20H,1-2,7,9,12H2. The highest BCUT2D eigenvalue weighted by molar-refractivity contribution is 5.77. The molecule has 0 saturated carbocycles. The van der Waals surface area contributed by atoms with Gasteiger partial charge in [0.25, 0.3) is 0 Å². The van der Waals surface area contributed by atoms with E-state index in [-0.39, 0.29) is 5.82 Å². The summed E-state index contributed by atoms with van der Waals surface area (Å²) in [5.74, 6) is 0.537. The number of pyridine rings is 1. The highest BCUT2D eigenvalue weighted by Gasteiger charge is 2.19. The highest BCUT2D eigenvalue weighted by Crippen LogP contribution is 2.25. The van der Waals surface area contributed by atoms with Crippen LogP contribution in [0.5, 0.6) is 0 Å². The molecule has 3 heterocycles. The van der Waals surface area contributed by atoms with E-state index in [0.717, 1.165) is 42.1 Å². The predicted octanol–water partition coefficient (Wildman–Crippen LogP) is 3.38. The molecule has 1 aliphatic rings. The van der Waals surface area contributed by atoms with Gasteiger partial charge in [0, 0.05) is 24.3 Å². The van der Waals surface area contributed by atoms with Crippen LogP contribution in [0.4, 0.5) is 4.39 Å². The molecule has 1 N–H and O–H groups in total. The number of piperidine rings is 1. The van der Waals surface area contributed by atoms with Gasteiger partial charge in [-0.25, -0.2) is 14.4 Å². The van der Waals surface area contributed by atoms with Crippen molar-refractivity contribution in [1.29, 1.82) is 0 Å². The van der Waals surface area contributed by atoms with Crippen LogP contribution in [-0.4, -0.2) is 27.1 Å². The third kappa shape index (κ3) is 2.84. The van der Waals surface area contributed by atoms with E-state index in [1.165, 1.54) is 25.0 Å². The minimum atomic E-state index is -0.246. The van der Waals surface area contributed by atoms with Crippen LogP contribution in [0.1, 0.15) is 19.3 Å². The Kier molecular flexibility index (Phi) is 3.79. The van der Waals surface area contributed by atoms with Gasteiger partial charge < -0.3 is 9.88 Å². The summed E-state index contributed by atoms with van der Waals surface area (Å²) in [5.41, 5.74) is 2.50. The van der Waals surface area contributed by atoms with Gasteiger partial charge in [0.1, 0.15) is 17.2 Å². The van der Waals surface area contributed by atoms with Crippen molar-refractivity contribution in [3.8, 4) is 11.4 Å². The number of nitrogens with one attached hydrogen (secondary N) is 1. The SMILES string of the molecule is Fc1cccc(-c2nc3cccnc3n2CC2CCCCN2)c1. The topological polar surface area (TPSA) is 42.7 Å². The van der Waals surface area contributed by atoms with Crippen molar-refractivity contribution in [2.75, 3.05) is 6.54 Å². The molecule has 0 amide bonds. The zero-order chi connectivity index (χ0) is 15.6. The average molecular weight is 310 g/mol. The Balaban J connectivity index is 1.80. The molecule has 23 heavy (non-hydrogen) atoms. The Morgan fingerprint density at radius 2 is 2.17 bits per heavy atom. The maximum atomic E-state index is 13.6. The first-order valence-corrected chi connectivity index (χ1v) is 8.12. The summed E-state index contributed by atoms with van der Waals surface area (Å²) in [6.45, 7) is 1.86. The molecule has 4 rings (SSSR count). The lowest BCUT2D eigenvalue weighted by atomic mass is 10.0. The minimum Gasteiger partial charge on any atom is -0.312 e. The van der Waals surface area contributed by atoms with Crippen LogP contribution in [0.15, 0.2) is 42.6 Å². The van der Waals surface area contributed by atoms with E-state index in [0.29, 0.717) is 6.04 Å². The number of benzene rings is 1. The summed E-state index contributed by atoms with van der Waals surface area (Å²) in [4.78, 5) is 9.19. The molecular weight excluding hydrogens is 291 g/mol. The van der Waals surface area contributed by atoms with Gasteiger partial charge in [0.15, 0.2) is 5.65 Å². The molecule has 0 aliphatic carbocycles. The van der Waals surface area contributed by atoms with Gasteiger partial charge in [-0.05, 0) is 43.7 Å². The lowest BCUT2D eigenvalue weighted by molar-refractivity contribution is 0.366. The lowest BCUT2D eigenvalue weighted by Gasteiger charge is -2.24. The molecule has 1 fully saturated rings. The van der Waals surface area contributed by atoms with Gasteiger partial charge in [-0.1, -0.05) is 18.6 Å². The molecule has 0 spiro atoms. The average Bonchev–Trinajstić information content (AvgIpc) is 2.95. The van der Waals surface area contributed by atoms with Crippen molar-refractivity contribution in [3.05, 3.63) is 48.4 Å². The number of hydrogen-bond acceptors (Lipinski definition) is 3. The fourth-order valence-corrected chi connectivity index (χ4v) is 3.28. The first-order valence-electron chi connectivity index (χ1n) is 8.12. The molecule has 2 aromatic heterocycles. The minimum absolute atomic E-state index is 0.246. The van der Waals surface area contributed by atoms with Gasteiger partial charge in [-0.3, -0.25) is 0 Å². The first-order chi connectivity index (χ1) is 11.3. The molecule has 1 aromatic carbocycles. The molecule has 1 atom stereocenters. The normalized spacial score (nSPS) is 18.4. The molecule has 0 radical (unpaired) electrons. The number of fused-ring (bicyclic) bond motifs is 1. The molecule has 0 bridgehead atoms. The van der Waals surface area contributed by atoms with Gasteiger partial charge in [0.2, 0.25) is 0 Å². The van der Waals surface area contributed by atoms with Crippen LogP contribution in [0, 0.1) is 5.82 Å². The zero-order valence-corrected chi connectivity index (χ0v) is 12.9. The van der Waals surface area contributed by atoms with Crippen molar-refractivity contribution in [1.82, 2.24) is 19.9 Å². The number of imidazole rings is 1. The largest absolute Gasteiger partial charge is 0.312 e. The summed E-state index contributed by atoms with van der Waals surface area (Å²) >= 11 is 0. The number of nitrogens with zero attached hydrogens (tertiary/aromatic N) is 3. The Labute approximate surface area is 134 Å². The highest BCUT2D eigenvalue weighted by atomic mass is 19.1. The van der Waals surface area contributed by atoms with Crippen LogP contribution in [0.2, 0.25) is 0 Å². The van der Waals surface area contributed by atoms with Crippen molar-refractivity contribution < 1.29 is 4.39 Å². The summed E-state index contributed by atoms with van der Waals surface area (Å²) < 4.78 is 15.8. The van der Waals surface area contributed by atoms with Crippen LogP contribution in [0.3, 0.4) is 0 Å². The Morgan fingerprint density at radius 1 is 1.22 bits per heavy atom. The molecular formula is C18H19FN4. The van der Waals surface area contributed by atoms with Crippen molar-refractivity contribution in [2.45, 2.75) is 31.8 Å². The quantitative estimate of drug-likeness (QED) is 0.806. The van der Waals surface area contributed by atoms with Gasteiger partial charge in [0.05, 0.1) is 0 Å². The van der Waals surface area contributed by atoms with Crippen LogP contribution >= 0.6 is 0 Å². The van der Waals surface area contributed by atoms with E-state index < -0.39 is 0 Å². The third-order valence-electron chi connectivity index (χ3n) is 4.40. The molecule has 3 aromatic rings. The molecule has 1 aliphatic heterocycles. The monoisotopic (exact) mass is 310 g/mol. The fourth-order valence-electron chi connectivity index (χ4n) is 3.28. The lowest BCUT2D eigenvalue weighted by Crippen LogP contribution is -2.37. The van der Waals surface area contributed by atoms with Crippen LogP contribution < -0.4 is 5.32 Å². The zero-order valence-electron chi connectivity index (χ0n) is 12.9. The summed E-state index contributed by atoms with van der Waals surface area (Å²) in [5, 5.41) is 3.56. The van der Waals surface area contributed by atoms with Gasteiger partial charge in [-0.2, -0.15) is 0 Å². The van der Waals surface area contributed by atoms with Crippen molar-refractivity contribution in [3.63, 3.8) is 0 Å². The van der Waals surface area contributed by atoms with Crippen molar-refractivity contribution in [2.24, 2.45) is 0 Å². The van der Waals surface area contributed by atoms with E-state index >= 15 is 0 Å². The number of halogens is 1. The number of rotatable bonds is 3. The van der Waals surface area contributed by atoms with E-state index in [1.807, 2.05) is 18.2 Å². The molecule has 1 unspecified atom stereocenters. The second kappa shape index (κ2) is 6.08. The summed E-state index contributed by atoms with van der Waals surface area (Å²) in [6.07, 6.45) is 5.41. The maximum Gasteiger partial charge on any atom is 0.160 e. The Hall–Kier alpha value is -2.27. The van der Waals surface area contributed by atoms with E-state index in [4.69, 9.17) is 4.98 Å². The Morgan fingerprint density at radius 3 is 3.00 bits per heavy atom. The number of hydrogen-bond donors (Lipinski definition) is 1. The number of aromatic nitrogens is 3. The fraction of sp³-hybridized carbons (Fsp3) is 0.333. The van der Waals surface area contributed by atoms with Gasteiger partial charge in [-0.15, -0.1) is 0 Å². The molecule has 118 valence electrons.